The summed E-state index contributed by atoms with van der Waals surface area (Å²) in [4.78, 5) is 12.2. The van der Waals surface area contributed by atoms with Gasteiger partial charge in [-0.3, -0.25) is 10.1 Å². The zero-order chi connectivity index (χ0) is 11.3. The molecule has 0 radical (unpaired) electrons. The van der Waals surface area contributed by atoms with Crippen molar-refractivity contribution in [2.45, 2.75) is 0 Å². The van der Waals surface area contributed by atoms with Gasteiger partial charge in [-0.2, -0.15) is 4.39 Å². The molecule has 0 unspecified atom stereocenters. The first kappa shape index (κ1) is 10.8. The van der Waals surface area contributed by atoms with E-state index in [4.69, 9.17) is 5.73 Å². The standard InChI is InChI=1S/C9H8FN3O2/c10-8-6-7(13(14)15)2-3-9(8)12-5-1-4-11/h1-6H,11H2/p+1. The average Bonchev–Trinajstić information content (AvgIpc) is 2.20. The summed E-state index contributed by atoms with van der Waals surface area (Å²) in [6, 6.07) is 3.35. The molecule has 1 rings (SSSR count). The summed E-state index contributed by atoms with van der Waals surface area (Å²) < 4.78 is 13.2. The van der Waals surface area contributed by atoms with Crippen LogP contribution in [0, 0.1) is 15.9 Å². The van der Waals surface area contributed by atoms with Gasteiger partial charge in [0, 0.05) is 18.2 Å². The molecule has 0 aliphatic rings. The average molecular weight is 210 g/mol. The summed E-state index contributed by atoms with van der Waals surface area (Å²) in [5, 5.41) is 10.3. The molecule has 78 valence electrons. The van der Waals surface area contributed by atoms with Crippen LogP contribution in [-0.4, -0.2) is 11.1 Å². The molecule has 6 heteroatoms. The van der Waals surface area contributed by atoms with Crippen molar-refractivity contribution >= 4 is 17.6 Å². The number of nitrogens with one attached hydrogen (secondary N) is 1. The van der Waals surface area contributed by atoms with Gasteiger partial charge >= 0.3 is 0 Å². The van der Waals surface area contributed by atoms with E-state index >= 15 is 0 Å². The van der Waals surface area contributed by atoms with Crippen LogP contribution in [0.1, 0.15) is 0 Å². The fourth-order valence-electron chi connectivity index (χ4n) is 0.928. The van der Waals surface area contributed by atoms with Crippen LogP contribution in [-0.2, 0) is 0 Å². The molecule has 0 aromatic heterocycles. The number of nitrogens with two attached hydrogens (primary N) is 1. The van der Waals surface area contributed by atoms with Crippen molar-refractivity contribution in [1.29, 1.82) is 0 Å². The molecule has 0 saturated carbocycles. The SMILES string of the molecule is NC=CC=[NH+]c1ccc([N+](=O)[O-])cc1F. The number of benzene rings is 1. The van der Waals surface area contributed by atoms with Crippen LogP contribution in [0.4, 0.5) is 15.8 Å². The van der Waals surface area contributed by atoms with Gasteiger partial charge in [-0.05, 0) is 6.20 Å². The number of non-ortho nitro benzene ring substituents is 1. The van der Waals surface area contributed by atoms with Crippen LogP contribution in [0.3, 0.4) is 0 Å². The number of nitro benzene ring substituents is 1. The smallest absolute Gasteiger partial charge is 0.272 e. The number of hydrogen-bond acceptors (Lipinski definition) is 3. The maximum atomic E-state index is 13.2. The van der Waals surface area contributed by atoms with Gasteiger partial charge in [0.2, 0.25) is 11.5 Å². The third-order valence-corrected chi connectivity index (χ3v) is 1.61. The minimum absolute atomic E-state index is 0.152. The van der Waals surface area contributed by atoms with Crippen LogP contribution >= 0.6 is 0 Å². The van der Waals surface area contributed by atoms with Crippen molar-refractivity contribution in [2.75, 3.05) is 0 Å². The fraction of sp³-hybridized carbons (Fsp3) is 0. The highest BCUT2D eigenvalue weighted by molar-refractivity contribution is 5.66. The molecule has 15 heavy (non-hydrogen) atoms. The van der Waals surface area contributed by atoms with Gasteiger partial charge in [-0.25, -0.2) is 4.99 Å². The first-order valence-corrected chi connectivity index (χ1v) is 4.05. The molecule has 0 heterocycles. The third kappa shape index (κ3) is 2.87. The molecule has 0 atom stereocenters. The summed E-state index contributed by atoms with van der Waals surface area (Å²) in [6.45, 7) is 0. The first-order chi connectivity index (χ1) is 7.15. The summed E-state index contributed by atoms with van der Waals surface area (Å²) in [7, 11) is 0. The minimum Gasteiger partial charge on any atom is -0.404 e. The van der Waals surface area contributed by atoms with Gasteiger partial charge in [0.25, 0.3) is 5.69 Å². The molecular formula is C9H9FN3O2+. The lowest BCUT2D eigenvalue weighted by molar-refractivity contribution is -0.385. The third-order valence-electron chi connectivity index (χ3n) is 1.61. The fourth-order valence-corrected chi connectivity index (χ4v) is 0.928. The van der Waals surface area contributed by atoms with Gasteiger partial charge in [0.05, 0.1) is 11.0 Å². The van der Waals surface area contributed by atoms with E-state index in [0.29, 0.717) is 0 Å². The summed E-state index contributed by atoms with van der Waals surface area (Å²) in [5.74, 6) is -0.689. The van der Waals surface area contributed by atoms with E-state index in [9.17, 15) is 14.5 Å². The second kappa shape index (κ2) is 4.85. The molecule has 0 aliphatic carbocycles. The van der Waals surface area contributed by atoms with Crippen LogP contribution in [0.15, 0.2) is 30.5 Å². The quantitative estimate of drug-likeness (QED) is 0.418. The lowest BCUT2D eigenvalue weighted by Crippen LogP contribution is -2.61. The maximum absolute atomic E-state index is 13.2. The van der Waals surface area contributed by atoms with Crippen LogP contribution in [0.2, 0.25) is 0 Å². The predicted octanol–water partition coefficient (Wildman–Crippen LogP) is -0.0108. The molecule has 5 nitrogen and oxygen atoms in total. The van der Waals surface area contributed by atoms with E-state index < -0.39 is 10.7 Å². The van der Waals surface area contributed by atoms with Gasteiger partial charge in [-0.1, -0.05) is 0 Å². The Hall–Kier alpha value is -2.24. The topological polar surface area (TPSA) is 83.1 Å². The Balaban J connectivity index is 2.98. The van der Waals surface area contributed by atoms with E-state index in [1.807, 2.05) is 0 Å². The van der Waals surface area contributed by atoms with Gasteiger partial charge in [0.15, 0.2) is 6.21 Å². The molecule has 3 N–H and O–H groups in total. The van der Waals surface area contributed by atoms with E-state index in [-0.39, 0.29) is 11.4 Å². The number of nitro groups is 1. The Morgan fingerprint density at radius 2 is 2.27 bits per heavy atom. The molecule has 1 aromatic carbocycles. The molecule has 1 aromatic rings. The van der Waals surface area contributed by atoms with Crippen molar-refractivity contribution in [3.05, 3.63) is 46.4 Å². The van der Waals surface area contributed by atoms with Gasteiger partial charge in [-0.15, -0.1) is 0 Å². The number of halogens is 1. The Kier molecular flexibility index (Phi) is 3.50. The van der Waals surface area contributed by atoms with E-state index in [1.165, 1.54) is 30.6 Å². The van der Waals surface area contributed by atoms with Crippen molar-refractivity contribution in [3.63, 3.8) is 0 Å². The molecule has 0 aliphatic heterocycles. The Morgan fingerprint density at radius 3 is 2.80 bits per heavy atom. The number of allylic oxidation sites excluding steroid dienone is 1. The highest BCUT2D eigenvalue weighted by Gasteiger charge is 2.12. The zero-order valence-corrected chi connectivity index (χ0v) is 7.68. The maximum Gasteiger partial charge on any atom is 0.272 e. The number of rotatable bonds is 3. The van der Waals surface area contributed by atoms with Crippen LogP contribution < -0.4 is 10.7 Å². The van der Waals surface area contributed by atoms with E-state index in [1.54, 1.807) is 0 Å². The zero-order valence-electron chi connectivity index (χ0n) is 7.68. The highest BCUT2D eigenvalue weighted by Crippen LogP contribution is 2.16. The summed E-state index contributed by atoms with van der Waals surface area (Å²) in [6.07, 6.45) is 4.17. The number of nitrogens with zero attached hydrogens (tertiary/aromatic N) is 1. The Labute approximate surface area is 84.9 Å². The lowest BCUT2D eigenvalue weighted by Gasteiger charge is -1.91. The Bertz CT molecular complexity index is 429. The second-order valence-electron chi connectivity index (χ2n) is 2.62. The van der Waals surface area contributed by atoms with Gasteiger partial charge < -0.3 is 5.73 Å². The normalized spacial score (nSPS) is 11.3. The van der Waals surface area contributed by atoms with Crippen molar-refractivity contribution in [1.82, 2.24) is 0 Å². The highest BCUT2D eigenvalue weighted by atomic mass is 19.1. The lowest BCUT2D eigenvalue weighted by atomic mass is 10.3. The van der Waals surface area contributed by atoms with E-state index in [2.05, 4.69) is 4.99 Å². The molecular weight excluding hydrogens is 201 g/mol. The second-order valence-corrected chi connectivity index (χ2v) is 2.62. The van der Waals surface area contributed by atoms with Crippen molar-refractivity contribution in [3.8, 4) is 0 Å². The van der Waals surface area contributed by atoms with Crippen LogP contribution in [0.25, 0.3) is 0 Å². The van der Waals surface area contributed by atoms with Gasteiger partial charge in [0.1, 0.15) is 0 Å². The van der Waals surface area contributed by atoms with Crippen LogP contribution in [0.5, 0.6) is 0 Å². The molecule has 0 saturated heterocycles. The monoisotopic (exact) mass is 210 g/mol. The largest absolute Gasteiger partial charge is 0.404 e. The summed E-state index contributed by atoms with van der Waals surface area (Å²) >= 11 is 0. The predicted molar refractivity (Wildman–Crippen MR) is 53.1 cm³/mol. The van der Waals surface area contributed by atoms with E-state index in [0.717, 1.165) is 6.07 Å². The van der Waals surface area contributed by atoms with Crippen molar-refractivity contribution in [2.24, 2.45) is 5.73 Å². The molecule has 0 bridgehead atoms. The molecule has 0 spiro atoms. The molecule has 0 fully saturated rings. The van der Waals surface area contributed by atoms with Crippen molar-refractivity contribution < 1.29 is 14.3 Å². The minimum atomic E-state index is -0.689. The number of hydrogen-bond donors (Lipinski definition) is 2. The molecule has 0 amide bonds. The first-order valence-electron chi connectivity index (χ1n) is 4.05. The Morgan fingerprint density at radius 1 is 1.53 bits per heavy atom. The summed E-state index contributed by atoms with van der Waals surface area (Å²) in [5.41, 5.74) is 4.93.